The summed E-state index contributed by atoms with van der Waals surface area (Å²) in [5.41, 5.74) is 4.40. The molecule has 1 aliphatic heterocycles. The monoisotopic (exact) mass is 379 g/mol. The third-order valence-electron chi connectivity index (χ3n) is 4.52. The second-order valence-electron chi connectivity index (χ2n) is 6.77. The van der Waals surface area contributed by atoms with Gasteiger partial charge in [-0.3, -0.25) is 9.59 Å². The highest BCUT2D eigenvalue weighted by atomic mass is 16.5. The maximum absolute atomic E-state index is 12.0. The Morgan fingerprint density at radius 1 is 1.11 bits per heavy atom. The molecule has 0 saturated carbocycles. The van der Waals surface area contributed by atoms with Crippen molar-refractivity contribution in [2.24, 2.45) is 5.10 Å². The summed E-state index contributed by atoms with van der Waals surface area (Å²) in [6.45, 7) is 1.18. The van der Waals surface area contributed by atoms with Crippen LogP contribution in [0, 0.1) is 0 Å². The second kappa shape index (κ2) is 10.3. The lowest BCUT2D eigenvalue weighted by molar-refractivity contribution is -0.135. The fourth-order valence-electron chi connectivity index (χ4n) is 3.02. The van der Waals surface area contributed by atoms with Gasteiger partial charge in [-0.1, -0.05) is 48.9 Å². The average molecular weight is 379 g/mol. The Balaban J connectivity index is 1.48. The molecule has 1 heterocycles. The number of ether oxygens (including phenoxy) is 1. The first-order chi connectivity index (χ1) is 13.7. The van der Waals surface area contributed by atoms with Crippen molar-refractivity contribution in [2.45, 2.75) is 32.3 Å². The maximum atomic E-state index is 12.0. The molecule has 0 radical (unpaired) electrons. The van der Waals surface area contributed by atoms with E-state index in [4.69, 9.17) is 4.74 Å². The molecule has 28 heavy (non-hydrogen) atoms. The second-order valence-corrected chi connectivity index (χ2v) is 6.77. The number of nitrogens with zero attached hydrogens (tertiary/aromatic N) is 2. The Morgan fingerprint density at radius 3 is 2.82 bits per heavy atom. The number of carbonyl (C=O) groups is 2. The van der Waals surface area contributed by atoms with Crippen LogP contribution in [0.3, 0.4) is 0 Å². The zero-order valence-electron chi connectivity index (χ0n) is 15.8. The van der Waals surface area contributed by atoms with E-state index >= 15 is 0 Å². The van der Waals surface area contributed by atoms with Crippen LogP contribution in [0.1, 0.15) is 36.8 Å². The summed E-state index contributed by atoms with van der Waals surface area (Å²) < 4.78 is 5.79. The van der Waals surface area contributed by atoms with E-state index in [0.29, 0.717) is 19.6 Å². The van der Waals surface area contributed by atoms with Gasteiger partial charge in [-0.25, -0.2) is 5.43 Å². The first-order valence-electron chi connectivity index (χ1n) is 9.57. The van der Waals surface area contributed by atoms with Crippen molar-refractivity contribution in [1.29, 1.82) is 0 Å². The third-order valence-corrected chi connectivity index (χ3v) is 4.52. The van der Waals surface area contributed by atoms with Crippen LogP contribution in [-0.2, 0) is 16.2 Å². The number of amides is 2. The van der Waals surface area contributed by atoms with Crippen LogP contribution < -0.4 is 10.2 Å². The van der Waals surface area contributed by atoms with Crippen molar-refractivity contribution < 1.29 is 14.3 Å². The highest BCUT2D eigenvalue weighted by molar-refractivity contribution is 5.86. The van der Waals surface area contributed by atoms with Crippen molar-refractivity contribution >= 4 is 18.0 Å². The zero-order chi connectivity index (χ0) is 19.6. The molecule has 1 aliphatic rings. The normalized spacial score (nSPS) is 14.7. The van der Waals surface area contributed by atoms with E-state index in [9.17, 15) is 9.59 Å². The summed E-state index contributed by atoms with van der Waals surface area (Å²) in [7, 11) is 0. The highest BCUT2D eigenvalue weighted by Gasteiger charge is 2.18. The van der Waals surface area contributed by atoms with Crippen LogP contribution in [0.2, 0.25) is 0 Å². The smallest absolute Gasteiger partial charge is 0.259 e. The lowest BCUT2D eigenvalue weighted by Gasteiger charge is -2.18. The molecular weight excluding hydrogens is 354 g/mol. The van der Waals surface area contributed by atoms with E-state index in [1.807, 2.05) is 54.6 Å². The molecular formula is C22H25N3O3. The Bertz CT molecular complexity index is 821. The van der Waals surface area contributed by atoms with Crippen LogP contribution >= 0.6 is 0 Å². The maximum Gasteiger partial charge on any atom is 0.259 e. The van der Waals surface area contributed by atoms with Crippen molar-refractivity contribution in [1.82, 2.24) is 10.3 Å². The number of hydrogen-bond donors (Lipinski definition) is 1. The van der Waals surface area contributed by atoms with Crippen LogP contribution in [0.25, 0.3) is 0 Å². The topological polar surface area (TPSA) is 71.0 Å². The van der Waals surface area contributed by atoms with Crippen LogP contribution in [0.15, 0.2) is 59.7 Å². The van der Waals surface area contributed by atoms with Gasteiger partial charge in [-0.05, 0) is 36.1 Å². The third kappa shape index (κ3) is 6.23. The van der Waals surface area contributed by atoms with E-state index < -0.39 is 0 Å². The van der Waals surface area contributed by atoms with E-state index in [-0.39, 0.29) is 18.4 Å². The zero-order valence-corrected chi connectivity index (χ0v) is 15.8. The van der Waals surface area contributed by atoms with Crippen LogP contribution in [0.4, 0.5) is 0 Å². The van der Waals surface area contributed by atoms with Gasteiger partial charge in [0.15, 0.2) is 0 Å². The molecule has 0 unspecified atom stereocenters. The molecule has 2 amide bonds. The summed E-state index contributed by atoms with van der Waals surface area (Å²) in [6, 6.07) is 17.4. The Hall–Kier alpha value is -3.15. The average Bonchev–Trinajstić information content (AvgIpc) is 2.92. The first-order valence-corrected chi connectivity index (χ1v) is 9.57. The highest BCUT2D eigenvalue weighted by Crippen LogP contribution is 2.14. The predicted octanol–water partition coefficient (Wildman–Crippen LogP) is 3.12. The molecule has 146 valence electrons. The molecule has 6 nitrogen and oxygen atoms in total. The number of hydrogen-bond acceptors (Lipinski definition) is 4. The van der Waals surface area contributed by atoms with E-state index in [1.54, 1.807) is 11.1 Å². The molecule has 2 aromatic rings. The van der Waals surface area contributed by atoms with Gasteiger partial charge in [0.05, 0.1) is 6.21 Å². The number of benzene rings is 2. The van der Waals surface area contributed by atoms with Crippen molar-refractivity contribution in [3.8, 4) is 5.75 Å². The molecule has 2 aromatic carbocycles. The van der Waals surface area contributed by atoms with Gasteiger partial charge in [-0.15, -0.1) is 0 Å². The van der Waals surface area contributed by atoms with Crippen molar-refractivity contribution in [3.05, 3.63) is 65.7 Å². The first kappa shape index (κ1) is 19.6. The number of rotatable bonds is 7. The SMILES string of the molecule is O=C(CN1CCCCCC1=O)N/N=C\c1cccc(OCc2ccccc2)c1. The molecule has 0 aromatic heterocycles. The Kier molecular flexibility index (Phi) is 7.18. The number of likely N-dealkylation sites (tertiary alicyclic amines) is 1. The lowest BCUT2D eigenvalue weighted by atomic mass is 10.2. The molecule has 1 fully saturated rings. The number of hydrazone groups is 1. The summed E-state index contributed by atoms with van der Waals surface area (Å²) in [6.07, 6.45) is 4.96. The number of nitrogens with one attached hydrogen (secondary N) is 1. The van der Waals surface area contributed by atoms with Gasteiger partial charge in [0.2, 0.25) is 5.91 Å². The van der Waals surface area contributed by atoms with Gasteiger partial charge < -0.3 is 9.64 Å². The fourth-order valence-corrected chi connectivity index (χ4v) is 3.02. The summed E-state index contributed by atoms with van der Waals surface area (Å²) in [5, 5.41) is 4.00. The predicted molar refractivity (Wildman–Crippen MR) is 108 cm³/mol. The molecule has 0 spiro atoms. The van der Waals surface area contributed by atoms with E-state index in [2.05, 4.69) is 10.5 Å². The van der Waals surface area contributed by atoms with Crippen molar-refractivity contribution in [3.63, 3.8) is 0 Å². The van der Waals surface area contributed by atoms with Gasteiger partial charge in [0.1, 0.15) is 18.9 Å². The van der Waals surface area contributed by atoms with Gasteiger partial charge in [0.25, 0.3) is 5.91 Å². The van der Waals surface area contributed by atoms with Gasteiger partial charge >= 0.3 is 0 Å². The van der Waals surface area contributed by atoms with Crippen molar-refractivity contribution in [2.75, 3.05) is 13.1 Å². The molecule has 0 bridgehead atoms. The minimum absolute atomic E-state index is 0.0416. The number of carbonyl (C=O) groups excluding carboxylic acids is 2. The Labute approximate surface area is 165 Å². The molecule has 1 N–H and O–H groups in total. The lowest BCUT2D eigenvalue weighted by Crippen LogP contribution is -2.39. The van der Waals surface area contributed by atoms with Gasteiger partial charge in [-0.2, -0.15) is 5.10 Å². The largest absolute Gasteiger partial charge is 0.489 e. The van der Waals surface area contributed by atoms with E-state index in [0.717, 1.165) is 36.1 Å². The summed E-state index contributed by atoms with van der Waals surface area (Å²) in [4.78, 5) is 25.6. The molecule has 0 aliphatic carbocycles. The Morgan fingerprint density at radius 2 is 1.96 bits per heavy atom. The molecule has 1 saturated heterocycles. The summed E-state index contributed by atoms with van der Waals surface area (Å²) in [5.74, 6) is 0.483. The van der Waals surface area contributed by atoms with Gasteiger partial charge in [0, 0.05) is 13.0 Å². The summed E-state index contributed by atoms with van der Waals surface area (Å²) >= 11 is 0. The quantitative estimate of drug-likeness (QED) is 0.593. The molecule has 6 heteroatoms. The standard InChI is InChI=1S/C22H25N3O3/c26-21(16-25-13-6-2-5-12-22(25)27)24-23-15-19-10-7-11-20(14-19)28-17-18-8-3-1-4-9-18/h1,3-4,7-11,14-15H,2,5-6,12-13,16-17H2,(H,24,26)/b23-15-. The minimum Gasteiger partial charge on any atom is -0.489 e. The van der Waals surface area contributed by atoms with Crippen LogP contribution in [0.5, 0.6) is 5.75 Å². The molecule has 0 atom stereocenters. The van der Waals surface area contributed by atoms with Crippen LogP contribution in [-0.4, -0.2) is 36.0 Å². The fraction of sp³-hybridized carbons (Fsp3) is 0.318. The molecule has 3 rings (SSSR count). The minimum atomic E-state index is -0.289. The van der Waals surface area contributed by atoms with E-state index in [1.165, 1.54) is 0 Å².